The molecule has 0 aromatic carbocycles. The number of methoxy groups -OCH3 is 1. The van der Waals surface area contributed by atoms with Crippen LogP contribution in [-0.2, 0) is 11.3 Å². The number of aromatic amines is 1. The van der Waals surface area contributed by atoms with Crippen LogP contribution >= 0.6 is 15.9 Å². The third-order valence-corrected chi connectivity index (χ3v) is 3.22. The summed E-state index contributed by atoms with van der Waals surface area (Å²) in [5.74, 6) is 0.748. The first-order valence-corrected chi connectivity index (χ1v) is 6.30. The number of nitrogens with one attached hydrogen (secondary N) is 2. The zero-order chi connectivity index (χ0) is 13.0. The number of aromatic nitrogens is 5. The van der Waals surface area contributed by atoms with Crippen molar-refractivity contribution in [3.63, 3.8) is 0 Å². The highest BCUT2D eigenvalue weighted by Crippen LogP contribution is 2.26. The van der Waals surface area contributed by atoms with Crippen molar-refractivity contribution in [1.82, 2.24) is 30.3 Å². The molecule has 2 N–H and O–H groups in total. The fraction of sp³-hybridized carbons (Fsp3) is 0.500. The highest BCUT2D eigenvalue weighted by atomic mass is 79.9. The first-order chi connectivity index (χ1) is 8.77. The van der Waals surface area contributed by atoms with Crippen LogP contribution in [0.1, 0.15) is 17.6 Å². The quantitative estimate of drug-likeness (QED) is 0.821. The Morgan fingerprint density at radius 2 is 2.44 bits per heavy atom. The maximum absolute atomic E-state index is 5.08. The molecule has 0 aliphatic heterocycles. The molecule has 0 saturated carbocycles. The topological polar surface area (TPSA) is 80.7 Å². The average molecular weight is 315 g/mol. The predicted molar refractivity (Wildman–Crippen MR) is 69.1 cm³/mol. The molecular formula is C10H15BrN6O. The molecule has 2 aromatic rings. The van der Waals surface area contributed by atoms with Crippen LogP contribution in [0.3, 0.4) is 0 Å². The second kappa shape index (κ2) is 6.07. The number of halogens is 1. The van der Waals surface area contributed by atoms with E-state index in [9.17, 15) is 0 Å². The number of rotatable bonds is 6. The van der Waals surface area contributed by atoms with Crippen molar-refractivity contribution in [3.8, 4) is 0 Å². The summed E-state index contributed by atoms with van der Waals surface area (Å²) in [5.41, 5.74) is 0.992. The van der Waals surface area contributed by atoms with Crippen LogP contribution in [-0.4, -0.2) is 45.7 Å². The van der Waals surface area contributed by atoms with E-state index >= 15 is 0 Å². The van der Waals surface area contributed by atoms with E-state index in [1.807, 2.05) is 11.7 Å². The molecule has 2 aromatic heterocycles. The third kappa shape index (κ3) is 2.60. The van der Waals surface area contributed by atoms with Gasteiger partial charge in [-0.05, 0) is 23.0 Å². The van der Waals surface area contributed by atoms with Crippen LogP contribution in [0.2, 0.25) is 0 Å². The van der Waals surface area contributed by atoms with Gasteiger partial charge in [-0.2, -0.15) is 10.2 Å². The summed E-state index contributed by atoms with van der Waals surface area (Å²) in [7, 11) is 3.54. The van der Waals surface area contributed by atoms with E-state index in [2.05, 4.69) is 41.5 Å². The van der Waals surface area contributed by atoms with Gasteiger partial charge < -0.3 is 10.1 Å². The van der Waals surface area contributed by atoms with Gasteiger partial charge in [-0.3, -0.25) is 9.78 Å². The third-order valence-electron chi connectivity index (χ3n) is 2.61. The second-order valence-electron chi connectivity index (χ2n) is 3.69. The molecule has 2 rings (SSSR count). The van der Waals surface area contributed by atoms with Gasteiger partial charge in [-0.1, -0.05) is 0 Å². The van der Waals surface area contributed by atoms with Crippen molar-refractivity contribution < 1.29 is 4.74 Å². The lowest BCUT2D eigenvalue weighted by atomic mass is 10.2. The molecule has 8 heteroatoms. The standard InChI is InChI=1S/C10H15BrN6O/c1-12-8(10-13-6-14-16-10)9-7(11)5-15-17(9)3-4-18-2/h5-6,8,12H,3-4H2,1-2H3,(H,13,14,16). The van der Waals surface area contributed by atoms with Crippen molar-refractivity contribution in [3.05, 3.63) is 28.5 Å². The van der Waals surface area contributed by atoms with Crippen LogP contribution in [0.25, 0.3) is 0 Å². The minimum absolute atomic E-state index is 0.0961. The zero-order valence-corrected chi connectivity index (χ0v) is 11.8. The molecular weight excluding hydrogens is 300 g/mol. The van der Waals surface area contributed by atoms with E-state index in [1.165, 1.54) is 6.33 Å². The van der Waals surface area contributed by atoms with E-state index < -0.39 is 0 Å². The average Bonchev–Trinajstić information content (AvgIpc) is 3.00. The van der Waals surface area contributed by atoms with Gasteiger partial charge >= 0.3 is 0 Å². The van der Waals surface area contributed by atoms with Gasteiger partial charge in [0.25, 0.3) is 0 Å². The number of hydrogen-bond donors (Lipinski definition) is 2. The molecule has 0 fully saturated rings. The van der Waals surface area contributed by atoms with Crippen molar-refractivity contribution in [2.75, 3.05) is 20.8 Å². The monoisotopic (exact) mass is 314 g/mol. The lowest BCUT2D eigenvalue weighted by Gasteiger charge is -2.16. The Morgan fingerprint density at radius 3 is 3.06 bits per heavy atom. The Kier molecular flexibility index (Phi) is 4.45. The minimum Gasteiger partial charge on any atom is -0.383 e. The molecule has 1 atom stereocenters. The summed E-state index contributed by atoms with van der Waals surface area (Å²) in [6.07, 6.45) is 3.26. The summed E-state index contributed by atoms with van der Waals surface area (Å²) in [6, 6.07) is -0.0961. The van der Waals surface area contributed by atoms with Crippen molar-refractivity contribution in [2.24, 2.45) is 0 Å². The molecule has 0 spiro atoms. The normalized spacial score (nSPS) is 12.8. The Bertz CT molecular complexity index is 483. The van der Waals surface area contributed by atoms with Gasteiger partial charge in [0.05, 0.1) is 29.5 Å². The second-order valence-corrected chi connectivity index (χ2v) is 4.54. The van der Waals surface area contributed by atoms with Gasteiger partial charge in [0.2, 0.25) is 0 Å². The van der Waals surface area contributed by atoms with E-state index in [1.54, 1.807) is 13.3 Å². The van der Waals surface area contributed by atoms with Crippen LogP contribution in [0.4, 0.5) is 0 Å². The van der Waals surface area contributed by atoms with E-state index in [0.29, 0.717) is 13.2 Å². The fourth-order valence-electron chi connectivity index (χ4n) is 1.77. The molecule has 0 aliphatic rings. The van der Waals surface area contributed by atoms with E-state index in [-0.39, 0.29) is 6.04 Å². The summed E-state index contributed by atoms with van der Waals surface area (Å²) in [4.78, 5) is 4.18. The van der Waals surface area contributed by atoms with Crippen molar-refractivity contribution in [1.29, 1.82) is 0 Å². The molecule has 98 valence electrons. The van der Waals surface area contributed by atoms with Crippen LogP contribution in [0, 0.1) is 0 Å². The van der Waals surface area contributed by atoms with Crippen LogP contribution < -0.4 is 5.32 Å². The molecule has 18 heavy (non-hydrogen) atoms. The molecule has 7 nitrogen and oxygen atoms in total. The molecule has 0 radical (unpaired) electrons. The number of nitrogens with zero attached hydrogens (tertiary/aromatic N) is 4. The summed E-state index contributed by atoms with van der Waals surface area (Å²) < 4.78 is 7.89. The first kappa shape index (κ1) is 13.2. The number of H-pyrrole nitrogens is 1. The Hall–Kier alpha value is -1.25. The maximum atomic E-state index is 5.08. The minimum atomic E-state index is -0.0961. The molecule has 0 amide bonds. The molecule has 1 unspecified atom stereocenters. The maximum Gasteiger partial charge on any atom is 0.147 e. The Balaban J connectivity index is 2.32. The Labute approximate surface area is 113 Å². The van der Waals surface area contributed by atoms with Gasteiger partial charge in [-0.25, -0.2) is 4.98 Å². The SMILES string of the molecule is CNC(c1ncn[nH]1)c1c(Br)cnn1CCOC. The molecule has 2 heterocycles. The van der Waals surface area contributed by atoms with E-state index in [4.69, 9.17) is 4.74 Å². The molecule has 0 bridgehead atoms. The van der Waals surface area contributed by atoms with Crippen LogP contribution in [0.5, 0.6) is 0 Å². The summed E-state index contributed by atoms with van der Waals surface area (Å²) in [6.45, 7) is 1.29. The smallest absolute Gasteiger partial charge is 0.147 e. The summed E-state index contributed by atoms with van der Waals surface area (Å²) in [5, 5.41) is 14.3. The molecule has 0 saturated heterocycles. The lowest BCUT2D eigenvalue weighted by molar-refractivity contribution is 0.182. The highest BCUT2D eigenvalue weighted by Gasteiger charge is 2.22. The van der Waals surface area contributed by atoms with Crippen LogP contribution in [0.15, 0.2) is 17.0 Å². The first-order valence-electron chi connectivity index (χ1n) is 5.50. The zero-order valence-electron chi connectivity index (χ0n) is 10.2. The lowest BCUT2D eigenvalue weighted by Crippen LogP contribution is -2.24. The number of ether oxygens (including phenoxy) is 1. The van der Waals surface area contributed by atoms with Gasteiger partial charge in [0.15, 0.2) is 0 Å². The summed E-state index contributed by atoms with van der Waals surface area (Å²) >= 11 is 3.51. The van der Waals surface area contributed by atoms with Crippen molar-refractivity contribution >= 4 is 15.9 Å². The van der Waals surface area contributed by atoms with Gasteiger partial charge in [0, 0.05) is 7.11 Å². The Morgan fingerprint density at radius 1 is 1.61 bits per heavy atom. The van der Waals surface area contributed by atoms with E-state index in [0.717, 1.165) is 16.0 Å². The highest BCUT2D eigenvalue weighted by molar-refractivity contribution is 9.10. The van der Waals surface area contributed by atoms with Gasteiger partial charge in [-0.15, -0.1) is 0 Å². The number of hydrogen-bond acceptors (Lipinski definition) is 5. The molecule has 0 aliphatic carbocycles. The fourth-order valence-corrected chi connectivity index (χ4v) is 2.30. The van der Waals surface area contributed by atoms with Gasteiger partial charge in [0.1, 0.15) is 18.2 Å². The van der Waals surface area contributed by atoms with Crippen molar-refractivity contribution in [2.45, 2.75) is 12.6 Å². The largest absolute Gasteiger partial charge is 0.383 e. The predicted octanol–water partition coefficient (Wildman–Crippen LogP) is 0.719.